The van der Waals surface area contributed by atoms with Crippen molar-refractivity contribution in [2.45, 2.75) is 0 Å². The molecule has 0 radical (unpaired) electrons. The quantitative estimate of drug-likeness (QED) is 0.448. The monoisotopic (exact) mass is 213 g/mol. The number of rotatable bonds is 0. The van der Waals surface area contributed by atoms with Gasteiger partial charge in [0.05, 0.1) is 0 Å². The Morgan fingerprint density at radius 3 is 3.12 bits per heavy atom. The van der Waals surface area contributed by atoms with E-state index in [2.05, 4.69) is 9.98 Å². The first kappa shape index (κ1) is 8.96. The molecular formula is C11H7N3O2. The van der Waals surface area contributed by atoms with E-state index in [-0.39, 0.29) is 0 Å². The molecule has 0 saturated heterocycles. The summed E-state index contributed by atoms with van der Waals surface area (Å²) in [7, 11) is 0. The van der Waals surface area contributed by atoms with E-state index in [4.69, 9.17) is 0 Å². The van der Waals surface area contributed by atoms with Gasteiger partial charge in [-0.1, -0.05) is 24.3 Å². The topological polar surface area (TPSA) is 67.9 Å². The van der Waals surface area contributed by atoms with E-state index in [1.54, 1.807) is 0 Å². The highest BCUT2D eigenvalue weighted by Gasteiger charge is 2.42. The van der Waals surface area contributed by atoms with E-state index in [0.717, 1.165) is 5.57 Å². The molecule has 1 aliphatic carbocycles. The molecule has 78 valence electrons. The highest BCUT2D eigenvalue weighted by atomic mass is 16.5. The van der Waals surface area contributed by atoms with Crippen LogP contribution < -0.4 is 0 Å². The van der Waals surface area contributed by atoms with Crippen molar-refractivity contribution in [1.82, 2.24) is 0 Å². The fraction of sp³-hybridized carbons (Fsp3) is 0.0909. The summed E-state index contributed by atoms with van der Waals surface area (Å²) >= 11 is 0. The minimum absolute atomic E-state index is 0.417. The molecule has 1 spiro atoms. The Hall–Kier alpha value is -2.30. The predicted molar refractivity (Wildman–Crippen MR) is 59.8 cm³/mol. The number of nitrogens with zero attached hydrogens (tertiary/aromatic N) is 3. The van der Waals surface area contributed by atoms with Crippen LogP contribution in [0.1, 0.15) is 0 Å². The molecule has 0 fully saturated rings. The van der Waals surface area contributed by atoms with Crippen molar-refractivity contribution >= 4 is 24.2 Å². The van der Waals surface area contributed by atoms with Crippen molar-refractivity contribution in [3.63, 3.8) is 0 Å². The SMILES string of the molecule is O=C1N=CC23C=CC=CC2=C[N+]([O-])=CC3=N1. The Morgan fingerprint density at radius 1 is 1.38 bits per heavy atom. The highest BCUT2D eigenvalue weighted by Crippen LogP contribution is 2.36. The first-order valence-corrected chi connectivity index (χ1v) is 4.78. The van der Waals surface area contributed by atoms with E-state index in [1.165, 1.54) is 18.6 Å². The van der Waals surface area contributed by atoms with Crippen molar-refractivity contribution in [1.29, 1.82) is 0 Å². The second-order valence-corrected chi connectivity index (χ2v) is 3.70. The second-order valence-electron chi connectivity index (χ2n) is 3.70. The van der Waals surface area contributed by atoms with E-state index in [0.29, 0.717) is 10.5 Å². The van der Waals surface area contributed by atoms with Crippen LogP contribution in [-0.2, 0) is 0 Å². The van der Waals surface area contributed by atoms with Crippen molar-refractivity contribution in [3.05, 3.63) is 41.3 Å². The lowest BCUT2D eigenvalue weighted by Crippen LogP contribution is -2.41. The molecule has 1 atom stereocenters. The summed E-state index contributed by atoms with van der Waals surface area (Å²) in [5, 5.41) is 11.4. The van der Waals surface area contributed by atoms with Gasteiger partial charge in [0.15, 0.2) is 6.20 Å². The number of allylic oxidation sites excluding steroid dienone is 5. The van der Waals surface area contributed by atoms with Crippen molar-refractivity contribution in [2.24, 2.45) is 15.4 Å². The number of urea groups is 1. The van der Waals surface area contributed by atoms with Crippen molar-refractivity contribution in [2.75, 3.05) is 0 Å². The summed E-state index contributed by atoms with van der Waals surface area (Å²) in [6, 6.07) is -0.575. The molecular weight excluding hydrogens is 206 g/mol. The molecule has 2 aliphatic heterocycles. The molecule has 0 aromatic rings. The third-order valence-electron chi connectivity index (χ3n) is 2.76. The summed E-state index contributed by atoms with van der Waals surface area (Å²) in [6.45, 7) is 0. The van der Waals surface area contributed by atoms with E-state index in [9.17, 15) is 10.0 Å². The van der Waals surface area contributed by atoms with Crippen LogP contribution in [-0.4, -0.2) is 28.9 Å². The van der Waals surface area contributed by atoms with Crippen LogP contribution >= 0.6 is 0 Å². The Kier molecular flexibility index (Phi) is 1.60. The summed E-state index contributed by atoms with van der Waals surface area (Å²) in [5.74, 6) is 0. The van der Waals surface area contributed by atoms with Crippen LogP contribution in [0.25, 0.3) is 0 Å². The van der Waals surface area contributed by atoms with Gasteiger partial charge >= 0.3 is 6.03 Å². The van der Waals surface area contributed by atoms with E-state index < -0.39 is 11.4 Å². The third-order valence-corrected chi connectivity index (χ3v) is 2.76. The van der Waals surface area contributed by atoms with Crippen LogP contribution in [0, 0.1) is 10.6 Å². The summed E-state index contributed by atoms with van der Waals surface area (Å²) in [5.41, 5.74) is 0.548. The fourth-order valence-electron chi connectivity index (χ4n) is 1.98. The zero-order valence-corrected chi connectivity index (χ0v) is 8.20. The van der Waals surface area contributed by atoms with Crippen LogP contribution in [0.15, 0.2) is 46.1 Å². The Labute approximate surface area is 91.1 Å². The molecule has 5 heteroatoms. The zero-order valence-electron chi connectivity index (χ0n) is 8.20. The number of carbonyl (C=O) groups excluding carboxylic acids is 1. The molecule has 1 unspecified atom stereocenters. The molecule has 2 heterocycles. The minimum atomic E-state index is -0.635. The van der Waals surface area contributed by atoms with Gasteiger partial charge in [-0.05, 0) is 0 Å². The largest absolute Gasteiger partial charge is 0.619 e. The molecule has 3 rings (SSSR count). The normalized spacial score (nSPS) is 30.2. The number of hydroxylamine groups is 1. The summed E-state index contributed by atoms with van der Waals surface area (Å²) in [6.07, 6.45) is 11.7. The number of aliphatic imine (C=N–C) groups is 2. The number of carbonyl (C=O) groups is 1. The van der Waals surface area contributed by atoms with Gasteiger partial charge in [-0.15, -0.1) is 0 Å². The van der Waals surface area contributed by atoms with Gasteiger partial charge in [0.2, 0.25) is 6.21 Å². The van der Waals surface area contributed by atoms with Crippen LogP contribution in [0.3, 0.4) is 0 Å². The van der Waals surface area contributed by atoms with Gasteiger partial charge in [0.25, 0.3) is 0 Å². The molecule has 16 heavy (non-hydrogen) atoms. The zero-order chi connectivity index (χ0) is 11.2. The molecule has 0 aromatic carbocycles. The number of hydrogen-bond acceptors (Lipinski definition) is 2. The molecule has 2 amide bonds. The van der Waals surface area contributed by atoms with Gasteiger partial charge < -0.3 is 5.21 Å². The summed E-state index contributed by atoms with van der Waals surface area (Å²) < 4.78 is 0.655. The standard InChI is InChI=1S/C11H7N3O2/c15-10-12-7-11-4-2-1-3-8(11)5-14(16)6-9(11)13-10/h1-7H. The lowest BCUT2D eigenvalue weighted by atomic mass is 9.73. The van der Waals surface area contributed by atoms with Crippen LogP contribution in [0.4, 0.5) is 4.79 Å². The molecule has 3 aliphatic rings. The van der Waals surface area contributed by atoms with Crippen molar-refractivity contribution < 1.29 is 9.53 Å². The first-order valence-electron chi connectivity index (χ1n) is 4.78. The number of amides is 2. The van der Waals surface area contributed by atoms with Gasteiger partial charge in [-0.2, -0.15) is 9.73 Å². The van der Waals surface area contributed by atoms with E-state index >= 15 is 0 Å². The van der Waals surface area contributed by atoms with Gasteiger partial charge in [-0.25, -0.2) is 9.79 Å². The molecule has 0 bridgehead atoms. The van der Waals surface area contributed by atoms with Crippen LogP contribution in [0.2, 0.25) is 0 Å². The molecule has 0 saturated carbocycles. The Morgan fingerprint density at radius 2 is 2.25 bits per heavy atom. The first-order chi connectivity index (χ1) is 7.71. The minimum Gasteiger partial charge on any atom is -0.619 e. The van der Waals surface area contributed by atoms with Crippen molar-refractivity contribution in [3.8, 4) is 0 Å². The van der Waals surface area contributed by atoms with Gasteiger partial charge in [0.1, 0.15) is 11.1 Å². The predicted octanol–water partition coefficient (Wildman–Crippen LogP) is 1.22. The van der Waals surface area contributed by atoms with Crippen LogP contribution in [0.5, 0.6) is 0 Å². The maximum atomic E-state index is 11.4. The van der Waals surface area contributed by atoms with Gasteiger partial charge in [-0.3, -0.25) is 0 Å². The lowest BCUT2D eigenvalue weighted by Gasteiger charge is -2.31. The maximum Gasteiger partial charge on any atom is 0.367 e. The highest BCUT2D eigenvalue weighted by molar-refractivity contribution is 6.41. The fourth-order valence-corrected chi connectivity index (χ4v) is 1.98. The molecule has 5 nitrogen and oxygen atoms in total. The maximum absolute atomic E-state index is 11.4. The van der Waals surface area contributed by atoms with Gasteiger partial charge in [0, 0.05) is 11.8 Å². The molecule has 0 N–H and O–H groups in total. The summed E-state index contributed by atoms with van der Waals surface area (Å²) in [4.78, 5) is 18.6. The third kappa shape index (κ3) is 1.05. The average Bonchev–Trinajstić information content (AvgIpc) is 2.26. The van der Waals surface area contributed by atoms with E-state index in [1.807, 2.05) is 24.3 Å². The second kappa shape index (κ2) is 2.85. The smallest absolute Gasteiger partial charge is 0.367 e. The Balaban J connectivity index is 2.26. The number of hydrogen-bond donors (Lipinski definition) is 0. The molecule has 0 aromatic heterocycles. The lowest BCUT2D eigenvalue weighted by molar-refractivity contribution is -0.373. The Bertz CT molecular complexity index is 564. The average molecular weight is 213 g/mol.